The molecule has 1 aromatic rings. The number of nitrogens with zero attached hydrogens (tertiary/aromatic N) is 3. The van der Waals surface area contributed by atoms with Crippen molar-refractivity contribution in [2.75, 3.05) is 26.3 Å². The number of rotatable bonds is 5. The van der Waals surface area contributed by atoms with Gasteiger partial charge in [-0.15, -0.1) is 0 Å². The summed E-state index contributed by atoms with van der Waals surface area (Å²) >= 11 is 1.41. The molecule has 0 N–H and O–H groups in total. The monoisotopic (exact) mass is 459 g/mol. The van der Waals surface area contributed by atoms with Gasteiger partial charge in [-0.2, -0.15) is 0 Å². The number of fused-ring (bicyclic) bond motifs is 1. The van der Waals surface area contributed by atoms with Gasteiger partial charge >= 0.3 is 5.97 Å². The Labute approximate surface area is 190 Å². The normalized spacial score (nSPS) is 20.8. The number of ether oxygens (including phenoxy) is 2. The number of allylic oxidation sites excluding steroid dienone is 1. The quantitative estimate of drug-likeness (QED) is 0.627. The minimum absolute atomic E-state index is 0.00293. The number of hydrogen-bond donors (Lipinski definition) is 0. The summed E-state index contributed by atoms with van der Waals surface area (Å²) in [7, 11) is 0. The number of carbonyl (C=O) groups excluding carboxylic acids is 2. The minimum Gasteiger partial charge on any atom is -0.459 e. The SMILES string of the molecule is CC1=C(C(=O)OC(C)C)C(c2ccc(F)cc2)N2C(CC(=O)N3CCOCC3)=CSC2=N1. The van der Waals surface area contributed by atoms with Crippen LogP contribution < -0.4 is 0 Å². The number of morpholine rings is 1. The van der Waals surface area contributed by atoms with Gasteiger partial charge < -0.3 is 19.3 Å². The van der Waals surface area contributed by atoms with Gasteiger partial charge in [0.15, 0.2) is 5.17 Å². The van der Waals surface area contributed by atoms with Crippen LogP contribution in [0.2, 0.25) is 0 Å². The molecule has 0 aliphatic carbocycles. The summed E-state index contributed by atoms with van der Waals surface area (Å²) in [6, 6.07) is 5.49. The van der Waals surface area contributed by atoms with E-state index in [1.165, 1.54) is 23.9 Å². The van der Waals surface area contributed by atoms with E-state index in [1.807, 2.05) is 10.3 Å². The molecule has 170 valence electrons. The molecule has 1 fully saturated rings. The highest BCUT2D eigenvalue weighted by molar-refractivity contribution is 8.16. The Morgan fingerprint density at radius 1 is 1.25 bits per heavy atom. The molecular weight excluding hydrogens is 433 g/mol. The largest absolute Gasteiger partial charge is 0.459 e. The van der Waals surface area contributed by atoms with Gasteiger partial charge in [-0.05, 0) is 43.9 Å². The molecule has 9 heteroatoms. The van der Waals surface area contributed by atoms with E-state index in [0.717, 1.165) is 11.3 Å². The van der Waals surface area contributed by atoms with Crippen LogP contribution in [0, 0.1) is 5.82 Å². The van der Waals surface area contributed by atoms with Gasteiger partial charge in [0.05, 0.1) is 43.1 Å². The lowest BCUT2D eigenvalue weighted by molar-refractivity contribution is -0.143. The lowest BCUT2D eigenvalue weighted by Gasteiger charge is -2.37. The zero-order valence-electron chi connectivity index (χ0n) is 18.3. The Morgan fingerprint density at radius 3 is 2.59 bits per heavy atom. The smallest absolute Gasteiger partial charge is 0.338 e. The van der Waals surface area contributed by atoms with Gasteiger partial charge in [0.2, 0.25) is 5.91 Å². The molecule has 0 saturated carbocycles. The van der Waals surface area contributed by atoms with Crippen LogP contribution >= 0.6 is 11.8 Å². The van der Waals surface area contributed by atoms with Crippen LogP contribution in [0.15, 0.2) is 51.6 Å². The molecule has 32 heavy (non-hydrogen) atoms. The highest BCUT2D eigenvalue weighted by Crippen LogP contribution is 2.45. The van der Waals surface area contributed by atoms with Crippen molar-refractivity contribution in [2.45, 2.75) is 39.3 Å². The Kier molecular flexibility index (Phi) is 6.66. The van der Waals surface area contributed by atoms with Crippen LogP contribution in [-0.4, -0.2) is 59.3 Å². The van der Waals surface area contributed by atoms with E-state index in [2.05, 4.69) is 4.99 Å². The molecule has 3 heterocycles. The van der Waals surface area contributed by atoms with Crippen LogP contribution in [0.4, 0.5) is 4.39 Å². The number of halogens is 1. The second kappa shape index (κ2) is 9.46. The van der Waals surface area contributed by atoms with E-state index in [4.69, 9.17) is 9.47 Å². The third-order valence-corrected chi connectivity index (χ3v) is 6.33. The summed E-state index contributed by atoms with van der Waals surface area (Å²) in [6.07, 6.45) is -0.122. The van der Waals surface area contributed by atoms with E-state index < -0.39 is 12.0 Å². The molecule has 0 radical (unpaired) electrons. The average molecular weight is 460 g/mol. The van der Waals surface area contributed by atoms with Crippen molar-refractivity contribution in [1.29, 1.82) is 0 Å². The molecule has 0 spiro atoms. The fourth-order valence-electron chi connectivity index (χ4n) is 3.95. The van der Waals surface area contributed by atoms with Crippen molar-refractivity contribution < 1.29 is 23.5 Å². The zero-order valence-corrected chi connectivity index (χ0v) is 19.2. The zero-order chi connectivity index (χ0) is 22.8. The van der Waals surface area contributed by atoms with Crippen molar-refractivity contribution in [3.8, 4) is 0 Å². The first-order valence-corrected chi connectivity index (χ1v) is 11.5. The number of benzene rings is 1. The van der Waals surface area contributed by atoms with Crippen LogP contribution in [0.5, 0.6) is 0 Å². The number of amides is 1. The Hall–Kier alpha value is -2.65. The van der Waals surface area contributed by atoms with Crippen LogP contribution in [0.1, 0.15) is 38.8 Å². The second-order valence-corrected chi connectivity index (χ2v) is 8.91. The molecule has 1 saturated heterocycles. The van der Waals surface area contributed by atoms with Crippen LogP contribution in [-0.2, 0) is 19.1 Å². The molecule has 1 atom stereocenters. The van der Waals surface area contributed by atoms with Crippen molar-refractivity contribution in [1.82, 2.24) is 9.80 Å². The summed E-state index contributed by atoms with van der Waals surface area (Å²) in [4.78, 5) is 34.3. The highest BCUT2D eigenvalue weighted by Gasteiger charge is 2.41. The van der Waals surface area contributed by atoms with Crippen molar-refractivity contribution in [3.63, 3.8) is 0 Å². The number of esters is 1. The highest BCUT2D eigenvalue weighted by atomic mass is 32.2. The van der Waals surface area contributed by atoms with Gasteiger partial charge in [0.1, 0.15) is 5.82 Å². The van der Waals surface area contributed by atoms with E-state index in [-0.39, 0.29) is 24.2 Å². The lowest BCUT2D eigenvalue weighted by atomic mass is 9.93. The van der Waals surface area contributed by atoms with Gasteiger partial charge in [-0.25, -0.2) is 14.2 Å². The summed E-state index contributed by atoms with van der Waals surface area (Å²) in [6.45, 7) is 7.53. The van der Waals surface area contributed by atoms with Gasteiger partial charge in [-0.1, -0.05) is 23.9 Å². The first-order chi connectivity index (χ1) is 15.3. The van der Waals surface area contributed by atoms with Gasteiger partial charge in [0.25, 0.3) is 0 Å². The predicted octanol–water partition coefficient (Wildman–Crippen LogP) is 3.60. The standard InChI is InChI=1S/C23H26FN3O4S/c1-14(2)31-22(29)20-15(3)25-23-27(21(20)16-4-6-17(24)7-5-16)18(13-32-23)12-19(28)26-8-10-30-11-9-26/h4-7,13-14,21H,8-12H2,1-3H3. The molecule has 1 amide bonds. The molecule has 1 unspecified atom stereocenters. The molecule has 3 aliphatic rings. The number of carbonyl (C=O) groups is 2. The molecule has 0 bridgehead atoms. The van der Waals surface area contributed by atoms with Crippen molar-refractivity contribution >= 4 is 28.8 Å². The van der Waals surface area contributed by atoms with E-state index in [1.54, 1.807) is 37.8 Å². The maximum Gasteiger partial charge on any atom is 0.338 e. The molecular formula is C23H26FN3O4S. The summed E-state index contributed by atoms with van der Waals surface area (Å²) < 4.78 is 24.5. The third kappa shape index (κ3) is 4.59. The van der Waals surface area contributed by atoms with Crippen molar-refractivity contribution in [3.05, 3.63) is 58.0 Å². The first-order valence-electron chi connectivity index (χ1n) is 10.6. The topological polar surface area (TPSA) is 71.4 Å². The Balaban J connectivity index is 1.69. The predicted molar refractivity (Wildman–Crippen MR) is 120 cm³/mol. The van der Waals surface area contributed by atoms with E-state index in [0.29, 0.717) is 42.7 Å². The van der Waals surface area contributed by atoms with Crippen LogP contribution in [0.3, 0.4) is 0 Å². The Morgan fingerprint density at radius 2 is 1.94 bits per heavy atom. The van der Waals surface area contributed by atoms with Crippen molar-refractivity contribution in [2.24, 2.45) is 4.99 Å². The fourth-order valence-corrected chi connectivity index (χ4v) is 4.91. The van der Waals surface area contributed by atoms with E-state index >= 15 is 0 Å². The fraction of sp³-hybridized carbons (Fsp3) is 0.435. The lowest BCUT2D eigenvalue weighted by Crippen LogP contribution is -2.42. The third-order valence-electron chi connectivity index (χ3n) is 5.45. The van der Waals surface area contributed by atoms with Gasteiger partial charge in [-0.3, -0.25) is 4.79 Å². The number of amidine groups is 1. The number of aliphatic imine (C=N–C) groups is 1. The van der Waals surface area contributed by atoms with Gasteiger partial charge in [0, 0.05) is 18.8 Å². The second-order valence-electron chi connectivity index (χ2n) is 8.07. The molecule has 4 rings (SSSR count). The molecule has 7 nitrogen and oxygen atoms in total. The summed E-state index contributed by atoms with van der Waals surface area (Å²) in [5.74, 6) is -0.832. The summed E-state index contributed by atoms with van der Waals surface area (Å²) in [5, 5.41) is 2.58. The minimum atomic E-state index is -0.562. The maximum atomic E-state index is 13.7. The van der Waals surface area contributed by atoms with E-state index in [9.17, 15) is 14.0 Å². The maximum absolute atomic E-state index is 13.7. The first kappa shape index (κ1) is 22.5. The van der Waals surface area contributed by atoms with Crippen LogP contribution in [0.25, 0.3) is 0 Å². The molecule has 1 aromatic carbocycles. The number of hydrogen-bond acceptors (Lipinski definition) is 7. The molecule has 0 aromatic heterocycles. The summed E-state index contributed by atoms with van der Waals surface area (Å²) in [5.41, 5.74) is 2.42. The average Bonchev–Trinajstić information content (AvgIpc) is 3.15. The number of thioether (sulfide) groups is 1. The molecule has 3 aliphatic heterocycles. The Bertz CT molecular complexity index is 997.